The van der Waals surface area contributed by atoms with Crippen molar-refractivity contribution in [2.24, 2.45) is 0 Å². The van der Waals surface area contributed by atoms with Crippen LogP contribution in [0.5, 0.6) is 0 Å². The van der Waals surface area contributed by atoms with Crippen molar-refractivity contribution in [3.05, 3.63) is 100 Å². The number of hydrogen-bond acceptors (Lipinski definition) is 3. The van der Waals surface area contributed by atoms with Gasteiger partial charge >= 0.3 is 0 Å². The van der Waals surface area contributed by atoms with Crippen LogP contribution in [0.1, 0.15) is 34.7 Å². The van der Waals surface area contributed by atoms with Gasteiger partial charge in [0.25, 0.3) is 11.8 Å². The Bertz CT molecular complexity index is 1240. The van der Waals surface area contributed by atoms with Crippen LogP contribution in [0.2, 0.25) is 0 Å². The van der Waals surface area contributed by atoms with Crippen molar-refractivity contribution < 1.29 is 9.59 Å². The second-order valence-electron chi connectivity index (χ2n) is 8.27. The maximum absolute atomic E-state index is 13.9. The largest absolute Gasteiger partial charge is 0.337 e. The number of benzene rings is 3. The molecule has 0 aliphatic carbocycles. The summed E-state index contributed by atoms with van der Waals surface area (Å²) in [5.74, 6) is -0.570. The molecule has 3 aromatic rings. The number of para-hydroxylation sites is 1. The minimum absolute atomic E-state index is 0.281. The van der Waals surface area contributed by atoms with Gasteiger partial charge in [-0.3, -0.25) is 9.59 Å². The van der Waals surface area contributed by atoms with E-state index in [9.17, 15) is 9.59 Å². The second-order valence-corrected chi connectivity index (χ2v) is 8.27. The first-order chi connectivity index (χ1) is 15.3. The summed E-state index contributed by atoms with van der Waals surface area (Å²) >= 11 is 0. The molecule has 4 rings (SSSR count). The zero-order valence-corrected chi connectivity index (χ0v) is 19.3. The lowest BCUT2D eigenvalue weighted by molar-refractivity contribution is -0.120. The summed E-state index contributed by atoms with van der Waals surface area (Å²) in [5.41, 5.74) is 7.37. The van der Waals surface area contributed by atoms with Crippen molar-refractivity contribution in [2.45, 2.75) is 34.6 Å². The van der Waals surface area contributed by atoms with E-state index in [1.165, 1.54) is 4.90 Å². The van der Waals surface area contributed by atoms with E-state index in [-0.39, 0.29) is 11.8 Å². The molecule has 0 saturated carbocycles. The number of carbonyl (C=O) groups excluding carboxylic acids is 2. The smallest absolute Gasteiger partial charge is 0.282 e. The van der Waals surface area contributed by atoms with E-state index in [0.29, 0.717) is 23.5 Å². The summed E-state index contributed by atoms with van der Waals surface area (Å²) in [6.07, 6.45) is 0. The van der Waals surface area contributed by atoms with Gasteiger partial charge in [-0.15, -0.1) is 0 Å². The number of imide groups is 1. The molecule has 32 heavy (non-hydrogen) atoms. The molecule has 0 spiro atoms. The molecule has 0 bridgehead atoms. The molecule has 1 aliphatic heterocycles. The Hall–Kier alpha value is -3.66. The van der Waals surface area contributed by atoms with E-state index in [0.717, 1.165) is 33.5 Å². The topological polar surface area (TPSA) is 40.6 Å². The highest BCUT2D eigenvalue weighted by molar-refractivity contribution is 6.46. The van der Waals surface area contributed by atoms with Crippen molar-refractivity contribution >= 4 is 28.8 Å². The Morgan fingerprint density at radius 1 is 0.750 bits per heavy atom. The first kappa shape index (κ1) is 21.6. The highest BCUT2D eigenvalue weighted by atomic mass is 16.2. The van der Waals surface area contributed by atoms with Crippen molar-refractivity contribution in [3.63, 3.8) is 0 Å². The quantitative estimate of drug-likeness (QED) is 0.491. The van der Waals surface area contributed by atoms with Crippen molar-refractivity contribution in [2.75, 3.05) is 16.3 Å². The van der Waals surface area contributed by atoms with E-state index in [1.807, 2.05) is 106 Å². The fraction of sp³-hybridized carbons (Fsp3) is 0.214. The van der Waals surface area contributed by atoms with Gasteiger partial charge in [0.1, 0.15) is 5.70 Å². The summed E-state index contributed by atoms with van der Waals surface area (Å²) in [7, 11) is 0. The molecule has 3 aromatic carbocycles. The fourth-order valence-corrected chi connectivity index (χ4v) is 4.20. The molecular weight excluding hydrogens is 396 g/mol. The zero-order valence-electron chi connectivity index (χ0n) is 19.3. The normalized spacial score (nSPS) is 13.8. The molecule has 0 radical (unpaired) electrons. The highest BCUT2D eigenvalue weighted by Gasteiger charge is 2.43. The monoisotopic (exact) mass is 424 g/mol. The van der Waals surface area contributed by atoms with Gasteiger partial charge in [0, 0.05) is 12.2 Å². The van der Waals surface area contributed by atoms with Gasteiger partial charge in [0.2, 0.25) is 0 Å². The third-order valence-corrected chi connectivity index (χ3v) is 6.33. The molecule has 0 saturated heterocycles. The van der Waals surface area contributed by atoms with E-state index < -0.39 is 0 Å². The first-order valence-corrected chi connectivity index (χ1v) is 10.9. The highest BCUT2D eigenvalue weighted by Crippen LogP contribution is 2.38. The molecule has 2 amide bonds. The fourth-order valence-electron chi connectivity index (χ4n) is 4.20. The molecule has 0 atom stereocenters. The molecule has 0 unspecified atom stereocenters. The molecule has 4 nitrogen and oxygen atoms in total. The predicted octanol–water partition coefficient (Wildman–Crippen LogP) is 5.73. The summed E-state index contributed by atoms with van der Waals surface area (Å²) < 4.78 is 0. The minimum atomic E-state index is -0.289. The Balaban J connectivity index is 1.96. The maximum atomic E-state index is 13.9. The second kappa shape index (κ2) is 8.46. The molecule has 0 fully saturated rings. The van der Waals surface area contributed by atoms with E-state index in [1.54, 1.807) is 0 Å². The van der Waals surface area contributed by atoms with Gasteiger partial charge in [0.15, 0.2) is 0 Å². The lowest BCUT2D eigenvalue weighted by Gasteiger charge is -2.25. The first-order valence-electron chi connectivity index (χ1n) is 10.9. The van der Waals surface area contributed by atoms with Crippen LogP contribution in [-0.2, 0) is 9.59 Å². The van der Waals surface area contributed by atoms with Crippen LogP contribution in [0.15, 0.2) is 72.4 Å². The Morgan fingerprint density at radius 3 is 2.12 bits per heavy atom. The SMILES string of the molecule is CCN(C1=C(c2ccc(C)c(C)c2)C(=O)N(c2cccc(C)c2C)C1=O)c1ccccc1. The van der Waals surface area contributed by atoms with Crippen LogP contribution in [0.25, 0.3) is 5.57 Å². The van der Waals surface area contributed by atoms with Gasteiger partial charge in [-0.1, -0.05) is 48.5 Å². The lowest BCUT2D eigenvalue weighted by Crippen LogP contribution is -2.35. The van der Waals surface area contributed by atoms with E-state index in [4.69, 9.17) is 0 Å². The zero-order chi connectivity index (χ0) is 23.0. The van der Waals surface area contributed by atoms with Gasteiger partial charge in [-0.05, 0) is 80.6 Å². The molecule has 162 valence electrons. The van der Waals surface area contributed by atoms with E-state index in [2.05, 4.69) is 0 Å². The maximum Gasteiger partial charge on any atom is 0.282 e. The van der Waals surface area contributed by atoms with Crippen molar-refractivity contribution in [1.29, 1.82) is 0 Å². The van der Waals surface area contributed by atoms with Gasteiger partial charge < -0.3 is 4.90 Å². The molecule has 1 aliphatic rings. The number of anilines is 2. The Morgan fingerprint density at radius 2 is 1.47 bits per heavy atom. The van der Waals surface area contributed by atoms with Gasteiger partial charge in [0.05, 0.1) is 11.3 Å². The molecular formula is C28H28N2O2. The number of rotatable bonds is 5. The number of amides is 2. The van der Waals surface area contributed by atoms with Crippen molar-refractivity contribution in [1.82, 2.24) is 0 Å². The average molecular weight is 425 g/mol. The third kappa shape index (κ3) is 3.52. The van der Waals surface area contributed by atoms with Crippen LogP contribution in [0.3, 0.4) is 0 Å². The number of likely N-dealkylation sites (N-methyl/N-ethyl adjacent to an activating group) is 1. The summed E-state index contributed by atoms with van der Waals surface area (Å²) in [4.78, 5) is 31.0. The summed E-state index contributed by atoms with van der Waals surface area (Å²) in [6.45, 7) is 10.6. The van der Waals surface area contributed by atoms with Crippen LogP contribution < -0.4 is 9.80 Å². The number of nitrogens with zero attached hydrogens (tertiary/aromatic N) is 2. The van der Waals surface area contributed by atoms with Gasteiger partial charge in [-0.25, -0.2) is 4.90 Å². The lowest BCUT2D eigenvalue weighted by atomic mass is 9.99. The Kier molecular flexibility index (Phi) is 5.70. The standard InChI is InChI=1S/C28H28N2O2/c1-6-29(23-12-8-7-9-13-23)26-25(22-16-15-18(2)20(4)17-22)27(31)30(28(26)32)24-14-10-11-19(3)21(24)5/h7-17H,6H2,1-5H3. The van der Waals surface area contributed by atoms with Crippen LogP contribution in [0.4, 0.5) is 11.4 Å². The van der Waals surface area contributed by atoms with Crippen LogP contribution in [0, 0.1) is 27.7 Å². The number of aryl methyl sites for hydroxylation is 3. The predicted molar refractivity (Wildman–Crippen MR) is 131 cm³/mol. The minimum Gasteiger partial charge on any atom is -0.337 e. The molecule has 0 aromatic heterocycles. The van der Waals surface area contributed by atoms with Crippen LogP contribution >= 0.6 is 0 Å². The van der Waals surface area contributed by atoms with E-state index >= 15 is 0 Å². The average Bonchev–Trinajstić information content (AvgIpc) is 3.04. The third-order valence-electron chi connectivity index (χ3n) is 6.33. The molecule has 1 heterocycles. The molecule has 0 N–H and O–H groups in total. The Labute approximate surface area is 189 Å². The number of carbonyl (C=O) groups is 2. The van der Waals surface area contributed by atoms with Gasteiger partial charge in [-0.2, -0.15) is 0 Å². The summed E-state index contributed by atoms with van der Waals surface area (Å²) in [6, 6.07) is 21.4. The van der Waals surface area contributed by atoms with Crippen molar-refractivity contribution in [3.8, 4) is 0 Å². The number of hydrogen-bond donors (Lipinski definition) is 0. The van der Waals surface area contributed by atoms with Crippen LogP contribution in [-0.4, -0.2) is 18.4 Å². The summed E-state index contributed by atoms with van der Waals surface area (Å²) in [5, 5.41) is 0. The molecule has 4 heteroatoms.